The molecule has 0 saturated carbocycles. The summed E-state index contributed by atoms with van der Waals surface area (Å²) in [5, 5.41) is 10.2. The third kappa shape index (κ3) is 6.25. The van der Waals surface area contributed by atoms with E-state index in [1.807, 2.05) is 63.2 Å². The van der Waals surface area contributed by atoms with Gasteiger partial charge in [0.1, 0.15) is 16.9 Å². The Morgan fingerprint density at radius 1 is 1.00 bits per heavy atom. The van der Waals surface area contributed by atoms with E-state index in [0.29, 0.717) is 53.4 Å². The van der Waals surface area contributed by atoms with Crippen molar-refractivity contribution in [1.82, 2.24) is 24.6 Å². The van der Waals surface area contributed by atoms with Crippen LogP contribution in [-0.4, -0.2) is 68.4 Å². The van der Waals surface area contributed by atoms with Crippen LogP contribution in [0.1, 0.15) is 32.4 Å². The Morgan fingerprint density at radius 2 is 1.77 bits per heavy atom. The zero-order valence-electron chi connectivity index (χ0n) is 24.6. The van der Waals surface area contributed by atoms with Gasteiger partial charge in [-0.3, -0.25) is 14.8 Å². The van der Waals surface area contributed by atoms with Gasteiger partial charge in [-0.15, -0.1) is 11.3 Å². The highest BCUT2D eigenvalue weighted by Gasteiger charge is 2.28. The average Bonchev–Trinajstić information content (AvgIpc) is 3.68. The summed E-state index contributed by atoms with van der Waals surface area (Å²) >= 11 is 1.32. The van der Waals surface area contributed by atoms with Crippen molar-refractivity contribution in [2.24, 2.45) is 0 Å². The fourth-order valence-corrected chi connectivity index (χ4v) is 5.65. The number of halogens is 1. The maximum Gasteiger partial charge on any atom is 0.410 e. The van der Waals surface area contributed by atoms with Crippen LogP contribution < -0.4 is 10.2 Å². The van der Waals surface area contributed by atoms with Gasteiger partial charge in [-0.25, -0.2) is 19.2 Å². The fourth-order valence-electron chi connectivity index (χ4n) is 5.12. The molecule has 1 N–H and O–H groups in total. The Hall–Kier alpha value is -4.84. The molecule has 12 heteroatoms. The lowest BCUT2D eigenvalue weighted by Crippen LogP contribution is -2.50. The van der Waals surface area contributed by atoms with E-state index in [4.69, 9.17) is 4.74 Å². The second kappa shape index (κ2) is 12.0. The van der Waals surface area contributed by atoms with Crippen LogP contribution in [0.4, 0.5) is 20.1 Å². The number of hydrogen-bond donors (Lipinski definition) is 1. The number of piperazine rings is 1. The number of rotatable bonds is 6. The van der Waals surface area contributed by atoms with E-state index in [1.54, 1.807) is 41.0 Å². The van der Waals surface area contributed by atoms with Gasteiger partial charge in [0, 0.05) is 66.7 Å². The summed E-state index contributed by atoms with van der Waals surface area (Å²) in [5.41, 5.74) is 1.30. The van der Waals surface area contributed by atoms with E-state index in [2.05, 4.69) is 25.3 Å². The van der Waals surface area contributed by atoms with E-state index in [0.717, 1.165) is 5.82 Å². The summed E-state index contributed by atoms with van der Waals surface area (Å²) in [4.78, 5) is 38.3. The molecule has 1 aliphatic heterocycles. The number of nitrogens with zero attached hydrogens (tertiary/aromatic N) is 6. The number of hydrogen-bond acceptors (Lipinski definition) is 8. The van der Waals surface area contributed by atoms with Crippen LogP contribution in [0.25, 0.3) is 22.0 Å². The molecule has 6 rings (SSSR count). The third-order valence-electron chi connectivity index (χ3n) is 7.24. The van der Waals surface area contributed by atoms with Crippen LogP contribution in [0.5, 0.6) is 0 Å². The lowest BCUT2D eigenvalue weighted by molar-refractivity contribution is -0.118. The first kappa shape index (κ1) is 29.2. The Labute approximate surface area is 258 Å². The summed E-state index contributed by atoms with van der Waals surface area (Å²) in [7, 11) is 0. The Bertz CT molecular complexity index is 1760. The third-order valence-corrected chi connectivity index (χ3v) is 7.93. The van der Waals surface area contributed by atoms with Crippen LogP contribution in [0.15, 0.2) is 78.6 Å². The van der Waals surface area contributed by atoms with Gasteiger partial charge in [0.05, 0.1) is 0 Å². The minimum Gasteiger partial charge on any atom is -0.444 e. The molecule has 0 spiro atoms. The van der Waals surface area contributed by atoms with E-state index in [1.165, 1.54) is 16.0 Å². The molecule has 1 atom stereocenters. The molecule has 5 aromatic rings. The molecule has 226 valence electrons. The molecule has 1 fully saturated rings. The molecular formula is C32H32FN7O3S. The predicted molar refractivity (Wildman–Crippen MR) is 168 cm³/mol. The van der Waals surface area contributed by atoms with E-state index in [-0.39, 0.29) is 17.5 Å². The predicted octanol–water partition coefficient (Wildman–Crippen LogP) is 5.98. The average molecular weight is 614 g/mol. The standard InChI is InChI=1S/C32H32FN7O3S/c1-32(2,3)43-31(42)39-16-14-38(15-17-39)25-12-10-22(19-35-25)24-11-9-23-20-40(37-27(23)26(24)33)28(21-7-5-4-6-8-21)29(41)36-30-34-13-18-44-30/h4-13,18-20,28H,14-17H2,1-3H3,(H,34,36,41). The number of benzene rings is 2. The summed E-state index contributed by atoms with van der Waals surface area (Å²) in [5.74, 6) is -0.0690. The summed E-state index contributed by atoms with van der Waals surface area (Å²) in [6, 6.07) is 15.6. The van der Waals surface area contributed by atoms with Gasteiger partial charge < -0.3 is 14.5 Å². The van der Waals surface area contributed by atoms with Gasteiger partial charge in [0.15, 0.2) is 17.0 Å². The van der Waals surface area contributed by atoms with Crippen LogP contribution in [-0.2, 0) is 9.53 Å². The lowest BCUT2D eigenvalue weighted by Gasteiger charge is -2.36. The molecule has 44 heavy (non-hydrogen) atoms. The number of pyridine rings is 1. The van der Waals surface area contributed by atoms with E-state index in [9.17, 15) is 9.59 Å². The zero-order chi connectivity index (χ0) is 30.8. The highest BCUT2D eigenvalue weighted by atomic mass is 32.1. The van der Waals surface area contributed by atoms with Crippen molar-refractivity contribution >= 4 is 45.2 Å². The number of amides is 2. The van der Waals surface area contributed by atoms with Crippen LogP contribution >= 0.6 is 11.3 Å². The monoisotopic (exact) mass is 613 g/mol. The van der Waals surface area contributed by atoms with Gasteiger partial charge in [0.25, 0.3) is 5.91 Å². The largest absolute Gasteiger partial charge is 0.444 e. The summed E-state index contributed by atoms with van der Waals surface area (Å²) < 4.78 is 22.9. The lowest BCUT2D eigenvalue weighted by atomic mass is 10.1. The molecular weight excluding hydrogens is 581 g/mol. The Kier molecular flexibility index (Phi) is 8.00. The Balaban J connectivity index is 1.21. The number of anilines is 2. The SMILES string of the molecule is CC(C)(C)OC(=O)N1CCN(c2ccc(-c3ccc4cn(C(C(=O)Nc5nccs5)c5ccccc5)nc4c3F)cn2)CC1. The molecule has 2 aromatic carbocycles. The molecule has 3 aromatic heterocycles. The fraction of sp³-hybridized carbons (Fsp3) is 0.281. The number of nitrogens with one attached hydrogen (secondary N) is 1. The molecule has 0 aliphatic carbocycles. The van der Waals surface area contributed by atoms with E-state index < -0.39 is 17.5 Å². The van der Waals surface area contributed by atoms with E-state index >= 15 is 4.39 Å². The molecule has 4 heterocycles. The van der Waals surface area contributed by atoms with Crippen molar-refractivity contribution in [3.8, 4) is 11.1 Å². The van der Waals surface area contributed by atoms with Gasteiger partial charge >= 0.3 is 6.09 Å². The summed E-state index contributed by atoms with van der Waals surface area (Å²) in [6.45, 7) is 7.83. The normalized spacial score (nSPS) is 14.5. The van der Waals surface area contributed by atoms with Crippen molar-refractivity contribution in [2.45, 2.75) is 32.4 Å². The first-order valence-electron chi connectivity index (χ1n) is 14.3. The minimum atomic E-state index is -0.827. The second-order valence-corrected chi connectivity index (χ2v) is 12.4. The first-order chi connectivity index (χ1) is 21.2. The molecule has 0 bridgehead atoms. The smallest absolute Gasteiger partial charge is 0.410 e. The maximum atomic E-state index is 16.0. The molecule has 1 aliphatic rings. The first-order valence-corrected chi connectivity index (χ1v) is 15.2. The van der Waals surface area contributed by atoms with Gasteiger partial charge in [-0.05, 0) is 38.5 Å². The number of aromatic nitrogens is 4. The summed E-state index contributed by atoms with van der Waals surface area (Å²) in [6.07, 6.45) is 4.62. The second-order valence-electron chi connectivity index (χ2n) is 11.5. The topological polar surface area (TPSA) is 105 Å². The number of thiazole rings is 1. The van der Waals surface area contributed by atoms with Crippen molar-refractivity contribution in [3.63, 3.8) is 0 Å². The quantitative estimate of drug-likeness (QED) is 0.251. The van der Waals surface area contributed by atoms with Crippen LogP contribution in [0, 0.1) is 5.82 Å². The highest BCUT2D eigenvalue weighted by molar-refractivity contribution is 7.13. The minimum absolute atomic E-state index is 0.160. The molecule has 2 amide bonds. The van der Waals surface area contributed by atoms with Crippen LogP contribution in [0.3, 0.4) is 0 Å². The Morgan fingerprint density at radius 3 is 2.43 bits per heavy atom. The van der Waals surface area contributed by atoms with Crippen molar-refractivity contribution in [2.75, 3.05) is 36.4 Å². The molecule has 0 radical (unpaired) electrons. The number of fused-ring (bicyclic) bond motifs is 1. The molecule has 1 unspecified atom stereocenters. The number of carbonyl (C=O) groups excluding carboxylic acids is 2. The van der Waals surface area contributed by atoms with Crippen molar-refractivity contribution < 1.29 is 18.7 Å². The van der Waals surface area contributed by atoms with Gasteiger partial charge in [0.2, 0.25) is 0 Å². The van der Waals surface area contributed by atoms with Crippen molar-refractivity contribution in [1.29, 1.82) is 0 Å². The van der Waals surface area contributed by atoms with Crippen molar-refractivity contribution in [3.05, 3.63) is 89.9 Å². The number of carbonyl (C=O) groups is 2. The van der Waals surface area contributed by atoms with Gasteiger partial charge in [-0.1, -0.05) is 42.5 Å². The highest BCUT2D eigenvalue weighted by Crippen LogP contribution is 2.31. The maximum absolute atomic E-state index is 16.0. The molecule has 10 nitrogen and oxygen atoms in total. The zero-order valence-corrected chi connectivity index (χ0v) is 25.4. The number of ether oxygens (including phenoxy) is 1. The van der Waals surface area contributed by atoms with Crippen LogP contribution in [0.2, 0.25) is 0 Å². The molecule has 1 saturated heterocycles. The van der Waals surface area contributed by atoms with Gasteiger partial charge in [-0.2, -0.15) is 5.10 Å².